The average Bonchev–Trinajstić information content (AvgIpc) is 2.76. The second kappa shape index (κ2) is 10.6. The first-order valence-corrected chi connectivity index (χ1v) is 11.0. The summed E-state index contributed by atoms with van der Waals surface area (Å²) in [6.45, 7) is 0.996. The Balaban J connectivity index is 1.72. The van der Waals surface area contributed by atoms with Crippen LogP contribution < -0.4 is 11.1 Å². The van der Waals surface area contributed by atoms with E-state index in [1.165, 1.54) is 12.0 Å². The van der Waals surface area contributed by atoms with E-state index in [1.54, 1.807) is 4.90 Å². The van der Waals surface area contributed by atoms with Gasteiger partial charge in [0.05, 0.1) is 6.54 Å². The summed E-state index contributed by atoms with van der Waals surface area (Å²) in [7, 11) is 0. The van der Waals surface area contributed by atoms with Crippen LogP contribution in [-0.4, -0.2) is 29.8 Å². The monoisotopic (exact) mass is 427 g/mol. The third kappa shape index (κ3) is 6.07. The second-order valence-electron chi connectivity index (χ2n) is 8.02. The highest BCUT2D eigenvalue weighted by molar-refractivity contribution is 6.30. The molecule has 0 saturated heterocycles. The van der Waals surface area contributed by atoms with Crippen LogP contribution in [0.2, 0.25) is 5.02 Å². The molecule has 0 aliphatic heterocycles. The molecule has 0 aromatic heterocycles. The lowest BCUT2D eigenvalue weighted by Crippen LogP contribution is -2.49. The molecule has 1 aliphatic carbocycles. The van der Waals surface area contributed by atoms with Gasteiger partial charge in [0.15, 0.2) is 0 Å². The maximum Gasteiger partial charge on any atom is 0.236 e. The number of rotatable bonds is 9. The Morgan fingerprint density at radius 2 is 1.67 bits per heavy atom. The number of halogens is 1. The first kappa shape index (κ1) is 22.3. The Morgan fingerprint density at radius 3 is 2.30 bits per heavy atom. The number of hydrogen-bond donors (Lipinski definition) is 2. The number of nitrogens with one attached hydrogen (secondary N) is 1. The van der Waals surface area contributed by atoms with E-state index in [0.717, 1.165) is 31.2 Å². The molecule has 2 aromatic rings. The van der Waals surface area contributed by atoms with Crippen LogP contribution in [0.5, 0.6) is 0 Å². The molecule has 2 aromatic carbocycles. The zero-order chi connectivity index (χ0) is 21.4. The first-order chi connectivity index (χ1) is 14.5. The molecule has 1 aliphatic rings. The molecule has 0 atom stereocenters. The fourth-order valence-electron chi connectivity index (χ4n) is 4.19. The van der Waals surface area contributed by atoms with Crippen LogP contribution in [0.4, 0.5) is 0 Å². The smallest absolute Gasteiger partial charge is 0.236 e. The normalized spacial score (nSPS) is 15.5. The summed E-state index contributed by atoms with van der Waals surface area (Å²) in [5, 5.41) is 4.28. The Labute approximate surface area is 183 Å². The Morgan fingerprint density at radius 1 is 1.00 bits per heavy atom. The summed E-state index contributed by atoms with van der Waals surface area (Å²) in [5.41, 5.74) is 7.31. The molecule has 5 nitrogen and oxygen atoms in total. The number of amides is 2. The molecule has 0 bridgehead atoms. The summed E-state index contributed by atoms with van der Waals surface area (Å²) in [5.74, 6) is -0.433. The van der Waals surface area contributed by atoms with Crippen LogP contribution in [0.25, 0.3) is 0 Å². The topological polar surface area (TPSA) is 75.4 Å². The van der Waals surface area contributed by atoms with Crippen molar-refractivity contribution in [2.45, 2.75) is 50.6 Å². The van der Waals surface area contributed by atoms with Crippen molar-refractivity contribution in [2.24, 2.45) is 5.73 Å². The van der Waals surface area contributed by atoms with Gasteiger partial charge in [0.25, 0.3) is 0 Å². The molecular formula is C24H30ClN3O2. The van der Waals surface area contributed by atoms with E-state index >= 15 is 0 Å². The summed E-state index contributed by atoms with van der Waals surface area (Å²) < 4.78 is 0. The standard InChI is InChI=1S/C24H30ClN3O2/c25-21-11-9-20(10-12-21)24(14-5-2-6-15-24)27-17-23(30)28(16-13-22(26)29)18-19-7-3-1-4-8-19/h1,3-4,7-12,27H,2,5-6,13-18H2,(H2,26,29). The van der Waals surface area contributed by atoms with Gasteiger partial charge < -0.3 is 10.6 Å². The summed E-state index contributed by atoms with van der Waals surface area (Å²) in [6, 6.07) is 17.7. The number of nitrogens with zero attached hydrogens (tertiary/aromatic N) is 1. The van der Waals surface area contributed by atoms with Gasteiger partial charge in [-0.05, 0) is 36.1 Å². The van der Waals surface area contributed by atoms with Gasteiger partial charge in [-0.3, -0.25) is 14.9 Å². The van der Waals surface area contributed by atoms with Gasteiger partial charge in [-0.15, -0.1) is 0 Å². The Hall–Kier alpha value is -2.37. The van der Waals surface area contributed by atoms with Crippen molar-refractivity contribution < 1.29 is 9.59 Å². The molecule has 0 heterocycles. The van der Waals surface area contributed by atoms with E-state index in [2.05, 4.69) is 17.4 Å². The molecule has 30 heavy (non-hydrogen) atoms. The number of hydrogen-bond acceptors (Lipinski definition) is 3. The van der Waals surface area contributed by atoms with E-state index in [0.29, 0.717) is 18.1 Å². The highest BCUT2D eigenvalue weighted by atomic mass is 35.5. The number of benzene rings is 2. The SMILES string of the molecule is NC(=O)CCN(Cc1ccccc1)C(=O)CNC1(c2ccc(Cl)cc2)CCCCC1. The molecule has 2 amide bonds. The van der Waals surface area contributed by atoms with Gasteiger partial charge in [0, 0.05) is 30.1 Å². The minimum absolute atomic E-state index is 0.0287. The van der Waals surface area contributed by atoms with Crippen molar-refractivity contribution in [3.63, 3.8) is 0 Å². The van der Waals surface area contributed by atoms with E-state index < -0.39 is 5.91 Å². The lowest BCUT2D eigenvalue weighted by Gasteiger charge is -2.39. The highest BCUT2D eigenvalue weighted by Gasteiger charge is 2.34. The van der Waals surface area contributed by atoms with Gasteiger partial charge in [-0.1, -0.05) is 73.3 Å². The molecule has 3 N–H and O–H groups in total. The van der Waals surface area contributed by atoms with Gasteiger partial charge in [-0.2, -0.15) is 0 Å². The van der Waals surface area contributed by atoms with Gasteiger partial charge in [-0.25, -0.2) is 0 Å². The second-order valence-corrected chi connectivity index (χ2v) is 8.46. The van der Waals surface area contributed by atoms with Crippen LogP contribution in [0, 0.1) is 0 Å². The maximum absolute atomic E-state index is 13.1. The minimum Gasteiger partial charge on any atom is -0.370 e. The van der Waals surface area contributed by atoms with Crippen LogP contribution in [-0.2, 0) is 21.7 Å². The number of carbonyl (C=O) groups is 2. The fourth-order valence-corrected chi connectivity index (χ4v) is 4.32. The Kier molecular flexibility index (Phi) is 7.88. The maximum atomic E-state index is 13.1. The lowest BCUT2D eigenvalue weighted by atomic mass is 9.76. The van der Waals surface area contributed by atoms with E-state index in [-0.39, 0.29) is 24.4 Å². The molecule has 1 fully saturated rings. The largest absolute Gasteiger partial charge is 0.370 e. The van der Waals surface area contributed by atoms with E-state index in [9.17, 15) is 9.59 Å². The van der Waals surface area contributed by atoms with Crippen LogP contribution >= 0.6 is 11.6 Å². The number of carbonyl (C=O) groups excluding carboxylic acids is 2. The summed E-state index contributed by atoms with van der Waals surface area (Å²) >= 11 is 6.08. The van der Waals surface area contributed by atoms with Crippen molar-refractivity contribution in [2.75, 3.05) is 13.1 Å². The third-order valence-electron chi connectivity index (χ3n) is 5.88. The average molecular weight is 428 g/mol. The molecule has 1 saturated carbocycles. The van der Waals surface area contributed by atoms with E-state index in [1.807, 2.05) is 42.5 Å². The van der Waals surface area contributed by atoms with Crippen molar-refractivity contribution in [1.82, 2.24) is 10.2 Å². The van der Waals surface area contributed by atoms with Gasteiger partial charge in [0.1, 0.15) is 0 Å². The quantitative estimate of drug-likeness (QED) is 0.635. The zero-order valence-corrected chi connectivity index (χ0v) is 18.0. The third-order valence-corrected chi connectivity index (χ3v) is 6.13. The molecule has 0 spiro atoms. The Bertz CT molecular complexity index is 833. The van der Waals surface area contributed by atoms with Crippen molar-refractivity contribution in [3.05, 3.63) is 70.7 Å². The number of nitrogens with two attached hydrogens (primary N) is 1. The van der Waals surface area contributed by atoms with Crippen molar-refractivity contribution in [1.29, 1.82) is 0 Å². The molecule has 0 radical (unpaired) electrons. The molecule has 160 valence electrons. The summed E-state index contributed by atoms with van der Waals surface area (Å²) in [6.07, 6.45) is 5.59. The zero-order valence-electron chi connectivity index (χ0n) is 17.3. The van der Waals surface area contributed by atoms with Gasteiger partial charge >= 0.3 is 0 Å². The van der Waals surface area contributed by atoms with Crippen LogP contribution in [0.3, 0.4) is 0 Å². The van der Waals surface area contributed by atoms with Gasteiger partial charge in [0.2, 0.25) is 11.8 Å². The minimum atomic E-state index is -0.404. The van der Waals surface area contributed by atoms with E-state index in [4.69, 9.17) is 17.3 Å². The first-order valence-electron chi connectivity index (χ1n) is 10.6. The predicted molar refractivity (Wildman–Crippen MR) is 120 cm³/mol. The van der Waals surface area contributed by atoms with Crippen molar-refractivity contribution in [3.8, 4) is 0 Å². The van der Waals surface area contributed by atoms with Crippen LogP contribution in [0.1, 0.15) is 49.7 Å². The van der Waals surface area contributed by atoms with Crippen molar-refractivity contribution >= 4 is 23.4 Å². The predicted octanol–water partition coefficient (Wildman–Crippen LogP) is 3.99. The van der Waals surface area contributed by atoms with Crippen LogP contribution in [0.15, 0.2) is 54.6 Å². The molecular weight excluding hydrogens is 398 g/mol. The molecule has 0 unspecified atom stereocenters. The molecule has 6 heteroatoms. The fraction of sp³-hybridized carbons (Fsp3) is 0.417. The highest BCUT2D eigenvalue weighted by Crippen LogP contribution is 2.37. The molecule has 3 rings (SSSR count). The lowest BCUT2D eigenvalue weighted by molar-refractivity contribution is -0.132. The summed E-state index contributed by atoms with van der Waals surface area (Å²) in [4.78, 5) is 26.1. The number of primary amides is 1.